The number of carbonyl (C=O) groups is 1. The van der Waals surface area contributed by atoms with Gasteiger partial charge in [-0.25, -0.2) is 4.79 Å². The Hall–Kier alpha value is -2.11. The quantitative estimate of drug-likeness (QED) is 0.883. The lowest BCUT2D eigenvalue weighted by molar-refractivity contribution is -0.138. The van der Waals surface area contributed by atoms with Crippen LogP contribution < -0.4 is 19.1 Å². The zero-order valence-electron chi connectivity index (χ0n) is 11.4. The summed E-state index contributed by atoms with van der Waals surface area (Å²) in [7, 11) is 6.34. The molecule has 2 rings (SSSR count). The molecule has 0 saturated carbocycles. The number of carboxylic acids is 1. The molecule has 1 aromatic rings. The first kappa shape index (κ1) is 13.3. The van der Waals surface area contributed by atoms with Gasteiger partial charge in [-0.15, -0.1) is 0 Å². The van der Waals surface area contributed by atoms with Crippen LogP contribution in [0.2, 0.25) is 0 Å². The molecule has 1 aliphatic rings. The summed E-state index contributed by atoms with van der Waals surface area (Å²) in [5, 5.41) is 9.23. The van der Waals surface area contributed by atoms with Gasteiger partial charge in [0.15, 0.2) is 11.5 Å². The zero-order chi connectivity index (χ0) is 14.2. The van der Waals surface area contributed by atoms with E-state index in [0.29, 0.717) is 23.7 Å². The van der Waals surface area contributed by atoms with Crippen LogP contribution in [0.4, 0.5) is 5.69 Å². The minimum atomic E-state index is -0.862. The van der Waals surface area contributed by atoms with Gasteiger partial charge in [0.05, 0.1) is 21.3 Å². The summed E-state index contributed by atoms with van der Waals surface area (Å²) in [6, 6.07) is 1.18. The second kappa shape index (κ2) is 4.87. The molecule has 6 heteroatoms. The van der Waals surface area contributed by atoms with Gasteiger partial charge in [0.25, 0.3) is 0 Å². The topological polar surface area (TPSA) is 68.2 Å². The van der Waals surface area contributed by atoms with Gasteiger partial charge >= 0.3 is 5.97 Å². The number of ether oxygens (including phenoxy) is 3. The number of rotatable bonds is 4. The van der Waals surface area contributed by atoms with Crippen molar-refractivity contribution in [3.8, 4) is 17.2 Å². The van der Waals surface area contributed by atoms with Gasteiger partial charge in [0.2, 0.25) is 5.75 Å². The Bertz CT molecular complexity index is 514. The van der Waals surface area contributed by atoms with Gasteiger partial charge in [-0.2, -0.15) is 0 Å². The molecule has 1 heterocycles. The fourth-order valence-corrected chi connectivity index (χ4v) is 2.47. The fraction of sp³-hybridized carbons (Fsp3) is 0.462. The molecule has 0 spiro atoms. The Labute approximate surface area is 111 Å². The highest BCUT2D eigenvalue weighted by atomic mass is 16.5. The Morgan fingerprint density at radius 1 is 1.26 bits per heavy atom. The minimum Gasteiger partial charge on any atom is -0.493 e. The molecule has 1 aliphatic heterocycles. The van der Waals surface area contributed by atoms with Gasteiger partial charge in [-0.05, 0) is 0 Å². The van der Waals surface area contributed by atoms with Crippen molar-refractivity contribution in [2.45, 2.75) is 12.5 Å². The average Bonchev–Trinajstić information content (AvgIpc) is 2.73. The van der Waals surface area contributed by atoms with Gasteiger partial charge in [0.1, 0.15) is 6.04 Å². The third-order valence-corrected chi connectivity index (χ3v) is 3.44. The third kappa shape index (κ3) is 1.93. The third-order valence-electron chi connectivity index (χ3n) is 3.44. The summed E-state index contributed by atoms with van der Waals surface area (Å²) in [6.07, 6.45) is 0.380. The van der Waals surface area contributed by atoms with E-state index in [4.69, 9.17) is 14.2 Å². The van der Waals surface area contributed by atoms with Crippen LogP contribution in [0.15, 0.2) is 6.07 Å². The highest BCUT2D eigenvalue weighted by Crippen LogP contribution is 2.48. The summed E-state index contributed by atoms with van der Waals surface area (Å²) in [6.45, 7) is 0. The van der Waals surface area contributed by atoms with Crippen molar-refractivity contribution in [2.24, 2.45) is 0 Å². The minimum absolute atomic E-state index is 0.380. The molecule has 19 heavy (non-hydrogen) atoms. The SMILES string of the molecule is COc1cc2c(c(OC)c1OC)CC(C(=O)O)N2C. The maximum absolute atomic E-state index is 11.2. The molecule has 0 amide bonds. The van der Waals surface area contributed by atoms with Crippen LogP contribution in [0, 0.1) is 0 Å². The van der Waals surface area contributed by atoms with E-state index in [0.717, 1.165) is 11.3 Å². The summed E-state index contributed by atoms with van der Waals surface area (Å²) in [4.78, 5) is 13.0. The first-order chi connectivity index (χ1) is 9.04. The number of hydrogen-bond donors (Lipinski definition) is 1. The lowest BCUT2D eigenvalue weighted by Gasteiger charge is -2.20. The van der Waals surface area contributed by atoms with E-state index in [-0.39, 0.29) is 0 Å². The number of methoxy groups -OCH3 is 3. The van der Waals surface area contributed by atoms with E-state index in [1.807, 2.05) is 0 Å². The van der Waals surface area contributed by atoms with E-state index in [9.17, 15) is 9.90 Å². The van der Waals surface area contributed by atoms with Crippen molar-refractivity contribution >= 4 is 11.7 Å². The van der Waals surface area contributed by atoms with Crippen molar-refractivity contribution in [3.63, 3.8) is 0 Å². The molecule has 1 aromatic carbocycles. The molecular weight excluding hydrogens is 250 g/mol. The van der Waals surface area contributed by atoms with E-state index >= 15 is 0 Å². The van der Waals surface area contributed by atoms with E-state index in [1.54, 1.807) is 18.0 Å². The number of fused-ring (bicyclic) bond motifs is 1. The van der Waals surface area contributed by atoms with E-state index < -0.39 is 12.0 Å². The summed E-state index contributed by atoms with van der Waals surface area (Å²) >= 11 is 0. The molecule has 6 nitrogen and oxygen atoms in total. The van der Waals surface area contributed by atoms with Gasteiger partial charge in [-0.3, -0.25) is 0 Å². The first-order valence-corrected chi connectivity index (χ1v) is 5.82. The van der Waals surface area contributed by atoms with E-state index in [2.05, 4.69) is 0 Å². The second-order valence-corrected chi connectivity index (χ2v) is 4.31. The number of likely N-dealkylation sites (N-methyl/N-ethyl adjacent to an activating group) is 1. The molecular formula is C13H17NO5. The van der Waals surface area contributed by atoms with Crippen molar-refractivity contribution in [3.05, 3.63) is 11.6 Å². The Kier molecular flexibility index (Phi) is 3.42. The number of aliphatic carboxylic acids is 1. The zero-order valence-corrected chi connectivity index (χ0v) is 11.4. The highest BCUT2D eigenvalue weighted by molar-refractivity contribution is 5.85. The second-order valence-electron chi connectivity index (χ2n) is 4.31. The normalized spacial score (nSPS) is 17.1. The summed E-state index contributed by atoms with van der Waals surface area (Å²) in [5.74, 6) is 0.685. The molecule has 0 bridgehead atoms. The Morgan fingerprint density at radius 2 is 1.89 bits per heavy atom. The largest absolute Gasteiger partial charge is 0.493 e. The summed E-state index contributed by atoms with van der Waals surface area (Å²) < 4.78 is 15.9. The molecule has 1 N–H and O–H groups in total. The van der Waals surface area contributed by atoms with Gasteiger partial charge in [0, 0.05) is 30.8 Å². The lowest BCUT2D eigenvalue weighted by Crippen LogP contribution is -2.35. The lowest BCUT2D eigenvalue weighted by atomic mass is 10.1. The van der Waals surface area contributed by atoms with Crippen LogP contribution in [-0.2, 0) is 11.2 Å². The molecule has 0 saturated heterocycles. The van der Waals surface area contributed by atoms with Crippen molar-refractivity contribution in [1.82, 2.24) is 0 Å². The first-order valence-electron chi connectivity index (χ1n) is 5.82. The van der Waals surface area contributed by atoms with Crippen molar-refractivity contribution < 1.29 is 24.1 Å². The number of nitrogens with zero attached hydrogens (tertiary/aromatic N) is 1. The number of hydrogen-bond acceptors (Lipinski definition) is 5. The molecule has 0 fully saturated rings. The predicted molar refractivity (Wildman–Crippen MR) is 69.6 cm³/mol. The maximum Gasteiger partial charge on any atom is 0.326 e. The number of anilines is 1. The molecule has 0 radical (unpaired) electrons. The predicted octanol–water partition coefficient (Wildman–Crippen LogP) is 1.16. The molecule has 104 valence electrons. The van der Waals surface area contributed by atoms with Crippen LogP contribution in [0.3, 0.4) is 0 Å². The van der Waals surface area contributed by atoms with Crippen LogP contribution in [0.25, 0.3) is 0 Å². The molecule has 0 aromatic heterocycles. The average molecular weight is 267 g/mol. The van der Waals surface area contributed by atoms with Gasteiger partial charge < -0.3 is 24.2 Å². The molecule has 1 unspecified atom stereocenters. The monoisotopic (exact) mass is 267 g/mol. The molecule has 1 atom stereocenters. The van der Waals surface area contributed by atoms with Crippen LogP contribution in [-0.4, -0.2) is 45.5 Å². The van der Waals surface area contributed by atoms with Crippen LogP contribution in [0.5, 0.6) is 17.2 Å². The number of carboxylic acid groups (broad SMARTS) is 1. The van der Waals surface area contributed by atoms with E-state index in [1.165, 1.54) is 21.3 Å². The maximum atomic E-state index is 11.2. The standard InChI is InChI=1S/C13H17NO5/c1-14-8-6-10(17-2)12(19-4)11(18-3)7(8)5-9(14)13(15)16/h6,9H,5H2,1-4H3,(H,15,16). The van der Waals surface area contributed by atoms with Gasteiger partial charge in [-0.1, -0.05) is 0 Å². The van der Waals surface area contributed by atoms with Crippen molar-refractivity contribution in [1.29, 1.82) is 0 Å². The Morgan fingerprint density at radius 3 is 2.37 bits per heavy atom. The molecule has 0 aliphatic carbocycles. The number of benzene rings is 1. The Balaban J connectivity index is 2.61. The van der Waals surface area contributed by atoms with Crippen molar-refractivity contribution in [2.75, 3.05) is 33.3 Å². The van der Waals surface area contributed by atoms with Crippen LogP contribution in [0.1, 0.15) is 5.56 Å². The summed E-state index contributed by atoms with van der Waals surface area (Å²) in [5.41, 5.74) is 1.62. The smallest absolute Gasteiger partial charge is 0.326 e. The highest BCUT2D eigenvalue weighted by Gasteiger charge is 2.36. The van der Waals surface area contributed by atoms with Crippen LogP contribution >= 0.6 is 0 Å². The fourth-order valence-electron chi connectivity index (χ4n) is 2.47.